The summed E-state index contributed by atoms with van der Waals surface area (Å²) in [6.07, 6.45) is 2.81. The first-order chi connectivity index (χ1) is 12.6. The monoisotopic (exact) mass is 354 g/mol. The van der Waals surface area contributed by atoms with E-state index >= 15 is 0 Å². The van der Waals surface area contributed by atoms with Gasteiger partial charge in [0.1, 0.15) is 6.54 Å². The summed E-state index contributed by atoms with van der Waals surface area (Å²) in [6.45, 7) is 3.96. The number of nitro benzene ring substituents is 1. The van der Waals surface area contributed by atoms with Crippen LogP contribution in [0.3, 0.4) is 0 Å². The molecule has 0 saturated carbocycles. The van der Waals surface area contributed by atoms with E-state index in [-0.39, 0.29) is 18.0 Å². The molecule has 0 atom stereocenters. The number of carbonyl (C=O) groups is 1. The van der Waals surface area contributed by atoms with Crippen LogP contribution in [0.25, 0.3) is 0 Å². The van der Waals surface area contributed by atoms with Gasteiger partial charge in [-0.1, -0.05) is 36.4 Å². The molecule has 0 bridgehead atoms. The maximum Gasteiger partial charge on any atom is 0.269 e. The molecule has 26 heavy (non-hydrogen) atoms. The van der Waals surface area contributed by atoms with Crippen LogP contribution in [-0.4, -0.2) is 23.9 Å². The molecule has 0 unspecified atom stereocenters. The summed E-state index contributed by atoms with van der Waals surface area (Å²) in [4.78, 5) is 24.0. The second-order valence-electron chi connectivity index (χ2n) is 6.78. The van der Waals surface area contributed by atoms with Gasteiger partial charge in [0.05, 0.1) is 24.4 Å². The minimum absolute atomic E-state index is 0.0347. The minimum Gasteiger partial charge on any atom is -0.352 e. The molecule has 1 saturated heterocycles. The molecule has 1 heterocycles. The van der Waals surface area contributed by atoms with Crippen molar-refractivity contribution < 1.29 is 14.6 Å². The number of hydrogen-bond acceptors (Lipinski definition) is 3. The lowest BCUT2D eigenvalue weighted by molar-refractivity contribution is -0.901. The Labute approximate surface area is 153 Å². The lowest BCUT2D eigenvalue weighted by atomic mass is 10.1. The Balaban J connectivity index is 1.55. The summed E-state index contributed by atoms with van der Waals surface area (Å²) in [7, 11) is 0. The summed E-state index contributed by atoms with van der Waals surface area (Å²) in [5.41, 5.74) is 3.25. The van der Waals surface area contributed by atoms with Crippen LogP contribution in [0.15, 0.2) is 48.5 Å². The van der Waals surface area contributed by atoms with Gasteiger partial charge in [-0.25, -0.2) is 0 Å². The summed E-state index contributed by atoms with van der Waals surface area (Å²) < 4.78 is 0. The number of nitro groups is 1. The van der Waals surface area contributed by atoms with Gasteiger partial charge in [-0.2, -0.15) is 0 Å². The third-order valence-electron chi connectivity index (χ3n) is 4.86. The van der Waals surface area contributed by atoms with Crippen molar-refractivity contribution in [1.82, 2.24) is 5.32 Å². The first-order valence-corrected chi connectivity index (χ1v) is 9.02. The molecule has 2 aromatic rings. The Bertz CT molecular complexity index is 768. The van der Waals surface area contributed by atoms with E-state index in [1.165, 1.54) is 43.6 Å². The van der Waals surface area contributed by atoms with E-state index in [0.717, 1.165) is 17.7 Å². The van der Waals surface area contributed by atoms with Crippen molar-refractivity contribution in [3.05, 3.63) is 75.3 Å². The lowest BCUT2D eigenvalue weighted by Crippen LogP contribution is -3.08. The molecule has 0 aliphatic carbocycles. The molecule has 2 aromatic carbocycles. The highest BCUT2D eigenvalue weighted by Gasteiger charge is 2.17. The van der Waals surface area contributed by atoms with Gasteiger partial charge in [0.15, 0.2) is 0 Å². The summed E-state index contributed by atoms with van der Waals surface area (Å²) in [6, 6.07) is 14.4. The number of amides is 1. The van der Waals surface area contributed by atoms with E-state index in [0.29, 0.717) is 6.54 Å². The second kappa shape index (κ2) is 8.58. The molecule has 136 valence electrons. The topological polar surface area (TPSA) is 76.7 Å². The number of nitrogens with one attached hydrogen (secondary N) is 2. The van der Waals surface area contributed by atoms with E-state index < -0.39 is 4.92 Å². The Hall–Kier alpha value is -2.73. The van der Waals surface area contributed by atoms with Crippen LogP contribution in [0.4, 0.5) is 5.69 Å². The number of nitrogens with zero attached hydrogens (tertiary/aromatic N) is 1. The Morgan fingerprint density at radius 2 is 1.69 bits per heavy atom. The fourth-order valence-corrected chi connectivity index (χ4v) is 3.40. The third-order valence-corrected chi connectivity index (χ3v) is 4.86. The van der Waals surface area contributed by atoms with Gasteiger partial charge in [0.2, 0.25) is 5.91 Å². The Morgan fingerprint density at radius 1 is 1.04 bits per heavy atom. The minimum atomic E-state index is -0.441. The van der Waals surface area contributed by atoms with Crippen LogP contribution in [0.2, 0.25) is 0 Å². The average Bonchev–Trinajstić information content (AvgIpc) is 3.14. The van der Waals surface area contributed by atoms with Gasteiger partial charge in [0.25, 0.3) is 5.69 Å². The fourth-order valence-electron chi connectivity index (χ4n) is 3.40. The quantitative estimate of drug-likeness (QED) is 0.586. The smallest absolute Gasteiger partial charge is 0.269 e. The van der Waals surface area contributed by atoms with E-state index in [4.69, 9.17) is 0 Å². The molecule has 1 aliphatic rings. The second-order valence-corrected chi connectivity index (χ2v) is 6.78. The third kappa shape index (κ3) is 4.89. The number of likely N-dealkylation sites (tertiary alicyclic amines) is 1. The number of quaternary nitrogens is 1. The van der Waals surface area contributed by atoms with Crippen molar-refractivity contribution >= 4 is 11.6 Å². The van der Waals surface area contributed by atoms with Crippen LogP contribution < -0.4 is 10.2 Å². The van der Waals surface area contributed by atoms with Crippen molar-refractivity contribution in [2.45, 2.75) is 32.4 Å². The Kier molecular flexibility index (Phi) is 5.96. The molecule has 6 heteroatoms. The number of hydrogen-bond donors (Lipinski definition) is 2. The molecule has 0 spiro atoms. The van der Waals surface area contributed by atoms with Crippen LogP contribution in [0.5, 0.6) is 0 Å². The van der Waals surface area contributed by atoms with Gasteiger partial charge in [-0.05, 0) is 11.1 Å². The number of rotatable bonds is 7. The van der Waals surface area contributed by atoms with Crippen LogP contribution in [0, 0.1) is 10.1 Å². The molecule has 3 rings (SSSR count). The van der Waals surface area contributed by atoms with Gasteiger partial charge >= 0.3 is 0 Å². The standard InChI is InChI=1S/C20H23N3O3/c24-20(13-16-7-9-19(10-8-16)23(25)26)21-14-17-5-1-2-6-18(17)15-22-11-3-4-12-22/h1-2,5-10H,3-4,11-15H2,(H,21,24)/p+1. The molecular formula is C20H24N3O3+. The van der Waals surface area contributed by atoms with E-state index in [2.05, 4.69) is 17.4 Å². The van der Waals surface area contributed by atoms with E-state index in [1.807, 2.05) is 12.1 Å². The largest absolute Gasteiger partial charge is 0.352 e. The van der Waals surface area contributed by atoms with Crippen molar-refractivity contribution in [2.75, 3.05) is 13.1 Å². The SMILES string of the molecule is O=C(Cc1ccc([N+](=O)[O-])cc1)NCc1ccccc1C[NH+]1CCCC1. The summed E-state index contributed by atoms with van der Waals surface area (Å²) in [5, 5.41) is 13.6. The van der Waals surface area contributed by atoms with Crippen molar-refractivity contribution in [3.63, 3.8) is 0 Å². The molecule has 6 nitrogen and oxygen atoms in total. The van der Waals surface area contributed by atoms with Crippen LogP contribution in [-0.2, 0) is 24.3 Å². The summed E-state index contributed by atoms with van der Waals surface area (Å²) in [5.74, 6) is -0.0813. The zero-order valence-corrected chi connectivity index (χ0v) is 14.7. The van der Waals surface area contributed by atoms with Crippen molar-refractivity contribution in [1.29, 1.82) is 0 Å². The lowest BCUT2D eigenvalue weighted by Gasteiger charge is -2.15. The van der Waals surface area contributed by atoms with Gasteiger partial charge in [-0.15, -0.1) is 0 Å². The summed E-state index contributed by atoms with van der Waals surface area (Å²) >= 11 is 0. The highest BCUT2D eigenvalue weighted by atomic mass is 16.6. The molecular weight excluding hydrogens is 330 g/mol. The van der Waals surface area contributed by atoms with Gasteiger partial charge < -0.3 is 10.2 Å². The van der Waals surface area contributed by atoms with Gasteiger partial charge in [-0.3, -0.25) is 14.9 Å². The zero-order valence-electron chi connectivity index (χ0n) is 14.7. The molecule has 1 aliphatic heterocycles. The van der Waals surface area contributed by atoms with Crippen molar-refractivity contribution in [3.8, 4) is 0 Å². The van der Waals surface area contributed by atoms with E-state index in [1.54, 1.807) is 17.0 Å². The molecule has 1 amide bonds. The predicted molar refractivity (Wildman–Crippen MR) is 98.7 cm³/mol. The first-order valence-electron chi connectivity index (χ1n) is 9.02. The molecule has 0 radical (unpaired) electrons. The number of benzene rings is 2. The van der Waals surface area contributed by atoms with Crippen LogP contribution in [0.1, 0.15) is 29.5 Å². The van der Waals surface area contributed by atoms with E-state index in [9.17, 15) is 14.9 Å². The van der Waals surface area contributed by atoms with Crippen molar-refractivity contribution in [2.24, 2.45) is 0 Å². The fraction of sp³-hybridized carbons (Fsp3) is 0.350. The highest BCUT2D eigenvalue weighted by Crippen LogP contribution is 2.12. The number of non-ortho nitro benzene ring substituents is 1. The molecule has 2 N–H and O–H groups in total. The maximum absolute atomic E-state index is 12.2. The first kappa shape index (κ1) is 18.1. The highest BCUT2D eigenvalue weighted by molar-refractivity contribution is 5.78. The molecule has 1 fully saturated rings. The number of carbonyl (C=O) groups excluding carboxylic acids is 1. The predicted octanol–water partition coefficient (Wildman–Crippen LogP) is 1.63. The molecule has 0 aromatic heterocycles. The maximum atomic E-state index is 12.2. The zero-order chi connectivity index (χ0) is 18.4. The Morgan fingerprint density at radius 3 is 2.35 bits per heavy atom. The average molecular weight is 354 g/mol. The van der Waals surface area contributed by atoms with Crippen LogP contribution >= 0.6 is 0 Å². The van der Waals surface area contributed by atoms with Gasteiger partial charge in [0, 0.05) is 37.1 Å². The normalized spacial score (nSPS) is 14.3.